The van der Waals surface area contributed by atoms with Crippen LogP contribution in [0.5, 0.6) is 0 Å². The molecule has 2 saturated heterocycles. The van der Waals surface area contributed by atoms with Gasteiger partial charge in [-0.25, -0.2) is 0 Å². The Balaban J connectivity index is 2.06. The van der Waals surface area contributed by atoms with E-state index in [0.717, 1.165) is 12.8 Å². The highest BCUT2D eigenvalue weighted by Gasteiger charge is 2.42. The number of carbonyl (C=O) groups excluding carboxylic acids is 2. The van der Waals surface area contributed by atoms with Crippen LogP contribution in [0.25, 0.3) is 0 Å². The van der Waals surface area contributed by atoms with Crippen molar-refractivity contribution in [3.05, 3.63) is 0 Å². The fourth-order valence-electron chi connectivity index (χ4n) is 3.00. The van der Waals surface area contributed by atoms with E-state index in [1.165, 1.54) is 0 Å². The summed E-state index contributed by atoms with van der Waals surface area (Å²) in [6, 6.07) is 0. The molecule has 0 aromatic carbocycles. The highest BCUT2D eigenvalue weighted by Crippen LogP contribution is 2.33. The fraction of sp³-hybridized carbons (Fsp3) is 0.846. The van der Waals surface area contributed by atoms with E-state index < -0.39 is 5.41 Å². The number of hydrogen-bond donors (Lipinski definition) is 2. The summed E-state index contributed by atoms with van der Waals surface area (Å²) in [5.41, 5.74) is 10.7. The van der Waals surface area contributed by atoms with Gasteiger partial charge < -0.3 is 21.1 Å². The van der Waals surface area contributed by atoms with Crippen molar-refractivity contribution in [3.63, 3.8) is 0 Å². The smallest absolute Gasteiger partial charge is 0.230 e. The summed E-state index contributed by atoms with van der Waals surface area (Å²) in [5, 5.41) is 0. The first-order valence-electron chi connectivity index (χ1n) is 6.95. The summed E-state index contributed by atoms with van der Waals surface area (Å²) >= 11 is 0. The van der Waals surface area contributed by atoms with Gasteiger partial charge >= 0.3 is 0 Å². The van der Waals surface area contributed by atoms with Crippen molar-refractivity contribution in [1.82, 2.24) is 4.90 Å². The first-order valence-corrected chi connectivity index (χ1v) is 6.95. The van der Waals surface area contributed by atoms with Crippen LogP contribution in [-0.4, -0.2) is 49.6 Å². The molecule has 0 spiro atoms. The van der Waals surface area contributed by atoms with Crippen molar-refractivity contribution in [2.45, 2.75) is 25.7 Å². The molecule has 0 saturated carbocycles. The Bertz CT molecular complexity index is 353. The molecular weight excluding hydrogens is 246 g/mol. The van der Waals surface area contributed by atoms with Crippen molar-refractivity contribution in [2.24, 2.45) is 22.8 Å². The Morgan fingerprint density at radius 1 is 1.32 bits per heavy atom. The van der Waals surface area contributed by atoms with Crippen molar-refractivity contribution >= 4 is 11.8 Å². The predicted molar refractivity (Wildman–Crippen MR) is 70.0 cm³/mol. The standard InChI is InChI=1S/C13H23N3O3/c14-9-13(3-6-19-7-4-13)12(18)16-5-1-2-10(8-16)11(15)17/h10H,1-9,14H2,(H2,15,17). The minimum atomic E-state index is -0.502. The maximum atomic E-state index is 12.7. The Morgan fingerprint density at radius 2 is 2.00 bits per heavy atom. The molecule has 2 amide bonds. The van der Waals surface area contributed by atoms with Gasteiger partial charge in [0, 0.05) is 32.8 Å². The Kier molecular flexibility index (Phi) is 4.42. The number of piperidine rings is 1. The molecule has 1 atom stereocenters. The summed E-state index contributed by atoms with van der Waals surface area (Å²) < 4.78 is 5.32. The number of hydrogen-bond acceptors (Lipinski definition) is 4. The number of nitrogens with zero attached hydrogens (tertiary/aromatic N) is 1. The topological polar surface area (TPSA) is 98.7 Å². The molecular formula is C13H23N3O3. The van der Waals surface area contributed by atoms with Gasteiger partial charge in [-0.2, -0.15) is 0 Å². The summed E-state index contributed by atoms with van der Waals surface area (Å²) in [6.45, 7) is 2.64. The second kappa shape index (κ2) is 5.88. The molecule has 0 radical (unpaired) electrons. The van der Waals surface area contributed by atoms with Crippen LogP contribution in [0.1, 0.15) is 25.7 Å². The number of nitrogens with two attached hydrogens (primary N) is 2. The fourth-order valence-corrected chi connectivity index (χ4v) is 3.00. The third-order valence-electron chi connectivity index (χ3n) is 4.41. The Hall–Kier alpha value is -1.14. The lowest BCUT2D eigenvalue weighted by Gasteiger charge is -2.41. The Labute approximate surface area is 113 Å². The monoisotopic (exact) mass is 269 g/mol. The summed E-state index contributed by atoms with van der Waals surface area (Å²) in [6.07, 6.45) is 2.94. The Morgan fingerprint density at radius 3 is 2.58 bits per heavy atom. The molecule has 2 aliphatic rings. The molecule has 4 N–H and O–H groups in total. The molecule has 6 nitrogen and oxygen atoms in total. The van der Waals surface area contributed by atoms with Crippen LogP contribution in [0, 0.1) is 11.3 Å². The molecule has 2 fully saturated rings. The first kappa shape index (κ1) is 14.3. The lowest BCUT2D eigenvalue weighted by Crippen LogP contribution is -2.54. The molecule has 0 aromatic heterocycles. The normalized spacial score (nSPS) is 27.0. The van der Waals surface area contributed by atoms with Gasteiger partial charge in [0.05, 0.1) is 11.3 Å². The van der Waals surface area contributed by atoms with E-state index in [-0.39, 0.29) is 17.7 Å². The van der Waals surface area contributed by atoms with Crippen LogP contribution >= 0.6 is 0 Å². The molecule has 6 heteroatoms. The molecule has 1 unspecified atom stereocenters. The van der Waals surface area contributed by atoms with Crippen LogP contribution in [-0.2, 0) is 14.3 Å². The van der Waals surface area contributed by atoms with Gasteiger partial charge in [0.1, 0.15) is 0 Å². The lowest BCUT2D eigenvalue weighted by atomic mass is 9.78. The third kappa shape index (κ3) is 2.90. The molecule has 2 rings (SSSR count). The molecule has 108 valence electrons. The average molecular weight is 269 g/mol. The first-order chi connectivity index (χ1) is 9.09. The van der Waals surface area contributed by atoms with Crippen molar-refractivity contribution in [3.8, 4) is 0 Å². The van der Waals surface area contributed by atoms with Gasteiger partial charge in [0.25, 0.3) is 0 Å². The second-order valence-electron chi connectivity index (χ2n) is 5.59. The van der Waals surface area contributed by atoms with Gasteiger partial charge in [-0.1, -0.05) is 0 Å². The third-order valence-corrected chi connectivity index (χ3v) is 4.41. The average Bonchev–Trinajstić information content (AvgIpc) is 2.47. The van der Waals surface area contributed by atoms with Gasteiger partial charge in [-0.15, -0.1) is 0 Å². The number of primary amides is 1. The van der Waals surface area contributed by atoms with E-state index >= 15 is 0 Å². The van der Waals surface area contributed by atoms with Crippen LogP contribution in [0.2, 0.25) is 0 Å². The molecule has 0 aromatic rings. The van der Waals surface area contributed by atoms with Crippen molar-refractivity contribution in [1.29, 1.82) is 0 Å². The van der Waals surface area contributed by atoms with Gasteiger partial charge in [-0.05, 0) is 25.7 Å². The van der Waals surface area contributed by atoms with E-state index in [4.69, 9.17) is 16.2 Å². The number of amides is 2. The number of rotatable bonds is 3. The van der Waals surface area contributed by atoms with Gasteiger partial charge in [-0.3, -0.25) is 9.59 Å². The lowest BCUT2D eigenvalue weighted by molar-refractivity contribution is -0.149. The minimum absolute atomic E-state index is 0.0734. The van der Waals surface area contributed by atoms with E-state index in [0.29, 0.717) is 45.7 Å². The summed E-state index contributed by atoms with van der Waals surface area (Å²) in [7, 11) is 0. The zero-order chi connectivity index (χ0) is 13.9. The maximum absolute atomic E-state index is 12.7. The highest BCUT2D eigenvalue weighted by atomic mass is 16.5. The van der Waals surface area contributed by atoms with E-state index in [2.05, 4.69) is 0 Å². The maximum Gasteiger partial charge on any atom is 0.230 e. The molecule has 0 aliphatic carbocycles. The number of likely N-dealkylation sites (tertiary alicyclic amines) is 1. The van der Waals surface area contributed by atoms with E-state index in [9.17, 15) is 9.59 Å². The van der Waals surface area contributed by atoms with Gasteiger partial charge in [0.2, 0.25) is 11.8 Å². The van der Waals surface area contributed by atoms with Crippen molar-refractivity contribution in [2.75, 3.05) is 32.8 Å². The quantitative estimate of drug-likeness (QED) is 0.719. The SMILES string of the molecule is NCC1(C(=O)N2CCCC(C(N)=O)C2)CCOCC1. The van der Waals surface area contributed by atoms with Crippen LogP contribution in [0.3, 0.4) is 0 Å². The largest absolute Gasteiger partial charge is 0.381 e. The van der Waals surface area contributed by atoms with Gasteiger partial charge in [0.15, 0.2) is 0 Å². The summed E-state index contributed by atoms with van der Waals surface area (Å²) in [4.78, 5) is 25.8. The van der Waals surface area contributed by atoms with Crippen LogP contribution < -0.4 is 11.5 Å². The zero-order valence-electron chi connectivity index (χ0n) is 11.3. The molecule has 2 heterocycles. The number of ether oxygens (including phenoxy) is 1. The summed E-state index contributed by atoms with van der Waals surface area (Å²) in [5.74, 6) is -0.456. The minimum Gasteiger partial charge on any atom is -0.381 e. The molecule has 2 aliphatic heterocycles. The van der Waals surface area contributed by atoms with Crippen molar-refractivity contribution < 1.29 is 14.3 Å². The van der Waals surface area contributed by atoms with Crippen LogP contribution in [0.15, 0.2) is 0 Å². The molecule has 0 bridgehead atoms. The zero-order valence-corrected chi connectivity index (χ0v) is 11.3. The second-order valence-corrected chi connectivity index (χ2v) is 5.59. The van der Waals surface area contributed by atoms with Crippen LogP contribution in [0.4, 0.5) is 0 Å². The highest BCUT2D eigenvalue weighted by molar-refractivity contribution is 5.84. The molecule has 19 heavy (non-hydrogen) atoms. The van der Waals surface area contributed by atoms with E-state index in [1.54, 1.807) is 4.90 Å². The predicted octanol–water partition coefficient (Wildman–Crippen LogP) is -0.534. The number of carbonyl (C=O) groups is 2. The van der Waals surface area contributed by atoms with E-state index in [1.807, 2.05) is 0 Å².